The lowest BCUT2D eigenvalue weighted by Gasteiger charge is -2.14. The predicted octanol–water partition coefficient (Wildman–Crippen LogP) is 3.91. The molecule has 0 atom stereocenters. The van der Waals surface area contributed by atoms with Crippen molar-refractivity contribution in [3.8, 4) is 17.6 Å². The van der Waals surface area contributed by atoms with E-state index in [-0.39, 0.29) is 35.8 Å². The van der Waals surface area contributed by atoms with Gasteiger partial charge in [0.1, 0.15) is 12.2 Å². The Balaban J connectivity index is 1.70. The molecule has 4 rings (SSSR count). The van der Waals surface area contributed by atoms with Crippen LogP contribution < -0.4 is 19.9 Å². The molecule has 3 aromatic rings. The molecular weight excluding hydrogens is 464 g/mol. The number of para-hydroxylation sites is 1. The van der Waals surface area contributed by atoms with Crippen LogP contribution in [0.3, 0.4) is 0 Å². The molecule has 0 radical (unpaired) electrons. The third kappa shape index (κ3) is 4.85. The zero-order valence-electron chi connectivity index (χ0n) is 19.1. The lowest BCUT2D eigenvalue weighted by atomic mass is 10.1. The van der Waals surface area contributed by atoms with Gasteiger partial charge in [-0.05, 0) is 42.8 Å². The second-order valence-electron chi connectivity index (χ2n) is 7.59. The van der Waals surface area contributed by atoms with Gasteiger partial charge in [0, 0.05) is 11.6 Å². The summed E-state index contributed by atoms with van der Waals surface area (Å²) in [5.74, 6) is -1.29. The van der Waals surface area contributed by atoms with Gasteiger partial charge >= 0.3 is 5.69 Å². The summed E-state index contributed by atoms with van der Waals surface area (Å²) in [6, 6.07) is 20.0. The number of nitro groups is 1. The number of carbonyl (C=O) groups excluding carboxylic acids is 2. The zero-order chi connectivity index (χ0) is 25.7. The number of hydrazine groups is 1. The van der Waals surface area contributed by atoms with Gasteiger partial charge < -0.3 is 9.47 Å². The highest BCUT2D eigenvalue weighted by Gasteiger charge is 2.35. The lowest BCUT2D eigenvalue weighted by molar-refractivity contribution is -0.386. The number of nitrogens with one attached hydrogen (secondary N) is 1. The molecular formula is C26H20N4O6. The van der Waals surface area contributed by atoms with Crippen molar-refractivity contribution in [2.75, 3.05) is 11.6 Å². The maximum Gasteiger partial charge on any atom is 0.315 e. The largest absolute Gasteiger partial charge is 0.490 e. The number of rotatable bonds is 8. The Bertz CT molecular complexity index is 1410. The number of benzene rings is 3. The number of hydrogen-bond donors (Lipinski definition) is 1. The minimum absolute atomic E-state index is 0.0683. The summed E-state index contributed by atoms with van der Waals surface area (Å²) in [7, 11) is 0. The molecule has 0 bridgehead atoms. The van der Waals surface area contributed by atoms with Crippen molar-refractivity contribution >= 4 is 29.3 Å². The van der Waals surface area contributed by atoms with Crippen molar-refractivity contribution < 1.29 is 24.0 Å². The predicted molar refractivity (Wildman–Crippen MR) is 130 cm³/mol. The van der Waals surface area contributed by atoms with Crippen molar-refractivity contribution in [2.45, 2.75) is 13.5 Å². The molecule has 3 aromatic carbocycles. The van der Waals surface area contributed by atoms with Crippen LogP contribution in [0.15, 0.2) is 72.3 Å². The highest BCUT2D eigenvalue weighted by molar-refractivity contribution is 6.31. The second kappa shape index (κ2) is 10.4. The summed E-state index contributed by atoms with van der Waals surface area (Å²) in [6.45, 7) is 1.79. The van der Waals surface area contributed by atoms with Crippen molar-refractivity contribution in [1.82, 2.24) is 5.43 Å². The molecule has 0 aromatic heterocycles. The first kappa shape index (κ1) is 24.0. The van der Waals surface area contributed by atoms with Crippen molar-refractivity contribution in [3.05, 3.63) is 99.1 Å². The van der Waals surface area contributed by atoms with Gasteiger partial charge in [-0.15, -0.1) is 0 Å². The Morgan fingerprint density at radius 3 is 2.50 bits per heavy atom. The number of nitro benzene ring substituents is 1. The molecule has 1 saturated heterocycles. The Morgan fingerprint density at radius 2 is 1.81 bits per heavy atom. The van der Waals surface area contributed by atoms with E-state index in [1.807, 2.05) is 0 Å². The smallest absolute Gasteiger partial charge is 0.315 e. The van der Waals surface area contributed by atoms with Crippen LogP contribution in [0.5, 0.6) is 11.5 Å². The molecule has 0 spiro atoms. The summed E-state index contributed by atoms with van der Waals surface area (Å²) in [5.41, 5.74) is 3.51. The molecule has 36 heavy (non-hydrogen) atoms. The minimum atomic E-state index is -0.641. The average Bonchev–Trinajstić information content (AvgIpc) is 3.17. The van der Waals surface area contributed by atoms with Crippen LogP contribution in [0, 0.1) is 21.4 Å². The highest BCUT2D eigenvalue weighted by atomic mass is 16.6. The molecule has 10 heteroatoms. The maximum atomic E-state index is 12.9. The van der Waals surface area contributed by atoms with E-state index in [1.54, 1.807) is 61.5 Å². The summed E-state index contributed by atoms with van der Waals surface area (Å²) in [4.78, 5) is 36.7. The van der Waals surface area contributed by atoms with Gasteiger partial charge in [0.25, 0.3) is 11.8 Å². The van der Waals surface area contributed by atoms with Crippen molar-refractivity contribution in [1.29, 1.82) is 5.26 Å². The first-order chi connectivity index (χ1) is 17.4. The normalized spacial score (nSPS) is 13.9. The summed E-state index contributed by atoms with van der Waals surface area (Å²) in [5, 5.41) is 22.3. The number of anilines is 1. The van der Waals surface area contributed by atoms with Gasteiger partial charge in [0.05, 0.1) is 28.9 Å². The number of ether oxygens (including phenoxy) is 2. The number of hydrogen-bond acceptors (Lipinski definition) is 7. The van der Waals surface area contributed by atoms with Gasteiger partial charge in [0.2, 0.25) is 5.75 Å². The zero-order valence-corrected chi connectivity index (χ0v) is 19.1. The van der Waals surface area contributed by atoms with Crippen LogP contribution in [0.1, 0.15) is 23.6 Å². The Kier molecular flexibility index (Phi) is 6.92. The van der Waals surface area contributed by atoms with Gasteiger partial charge in [-0.1, -0.05) is 36.4 Å². The van der Waals surface area contributed by atoms with Gasteiger partial charge in [-0.25, -0.2) is 5.01 Å². The lowest BCUT2D eigenvalue weighted by Crippen LogP contribution is -2.35. The fraction of sp³-hybridized carbons (Fsp3) is 0.115. The van der Waals surface area contributed by atoms with E-state index in [9.17, 15) is 25.0 Å². The molecule has 1 aliphatic heterocycles. The monoisotopic (exact) mass is 484 g/mol. The molecule has 10 nitrogen and oxygen atoms in total. The van der Waals surface area contributed by atoms with Gasteiger partial charge in [-0.2, -0.15) is 5.26 Å². The van der Waals surface area contributed by atoms with Crippen LogP contribution >= 0.6 is 0 Å². The quantitative estimate of drug-likeness (QED) is 0.222. The standard InChI is InChI=1S/C26H20N4O6/c1-2-35-23-14-17(12-21-25(31)28-29(26(21)32)20-10-4-3-5-11-20)13-22(30(33)34)24(23)36-16-19-9-7-6-8-18(19)15-27/h3-14H,2,16H2,1H3,(H,28,31). The third-order valence-corrected chi connectivity index (χ3v) is 5.28. The molecule has 0 saturated carbocycles. The summed E-state index contributed by atoms with van der Waals surface area (Å²) in [6.07, 6.45) is 1.27. The molecule has 2 amide bonds. The fourth-order valence-electron chi connectivity index (χ4n) is 3.62. The SMILES string of the molecule is CCOc1cc(C=C2C(=O)NN(c3ccccc3)C2=O)cc([N+](=O)[O-])c1OCc1ccccc1C#N. The van der Waals surface area contributed by atoms with Crippen LogP contribution in [0.25, 0.3) is 6.08 Å². The van der Waals surface area contributed by atoms with Crippen LogP contribution in [0.2, 0.25) is 0 Å². The molecule has 1 N–H and O–H groups in total. The summed E-state index contributed by atoms with van der Waals surface area (Å²) < 4.78 is 11.4. The fourth-order valence-corrected chi connectivity index (χ4v) is 3.62. The number of amides is 2. The van der Waals surface area contributed by atoms with Crippen LogP contribution in [0.4, 0.5) is 11.4 Å². The van der Waals surface area contributed by atoms with E-state index in [0.717, 1.165) is 5.01 Å². The number of carbonyl (C=O) groups is 2. The van der Waals surface area contributed by atoms with E-state index in [2.05, 4.69) is 11.5 Å². The number of nitriles is 1. The van der Waals surface area contributed by atoms with Crippen LogP contribution in [-0.4, -0.2) is 23.3 Å². The first-order valence-electron chi connectivity index (χ1n) is 10.9. The van der Waals surface area contributed by atoms with E-state index in [1.165, 1.54) is 18.2 Å². The molecule has 1 heterocycles. The van der Waals surface area contributed by atoms with Crippen molar-refractivity contribution in [2.24, 2.45) is 0 Å². The Labute approximate surface area is 206 Å². The Morgan fingerprint density at radius 1 is 1.08 bits per heavy atom. The second-order valence-corrected chi connectivity index (χ2v) is 7.59. The maximum absolute atomic E-state index is 12.9. The third-order valence-electron chi connectivity index (χ3n) is 5.28. The summed E-state index contributed by atoms with van der Waals surface area (Å²) >= 11 is 0. The highest BCUT2D eigenvalue weighted by Crippen LogP contribution is 2.40. The topological polar surface area (TPSA) is 135 Å². The first-order valence-corrected chi connectivity index (χ1v) is 10.9. The van der Waals surface area contributed by atoms with E-state index in [0.29, 0.717) is 16.8 Å². The Hall–Kier alpha value is -5.17. The molecule has 1 aliphatic rings. The molecule has 1 fully saturated rings. The van der Waals surface area contributed by atoms with Gasteiger partial charge in [-0.3, -0.25) is 25.1 Å². The van der Waals surface area contributed by atoms with Gasteiger partial charge in [0.15, 0.2) is 5.75 Å². The van der Waals surface area contributed by atoms with E-state index in [4.69, 9.17) is 9.47 Å². The van der Waals surface area contributed by atoms with Crippen LogP contribution in [-0.2, 0) is 16.2 Å². The van der Waals surface area contributed by atoms with Crippen molar-refractivity contribution in [3.63, 3.8) is 0 Å². The van der Waals surface area contributed by atoms with E-state index < -0.39 is 22.4 Å². The molecule has 0 aliphatic carbocycles. The minimum Gasteiger partial charge on any atom is -0.490 e. The molecule has 0 unspecified atom stereocenters. The number of nitrogens with zero attached hydrogens (tertiary/aromatic N) is 3. The average molecular weight is 484 g/mol. The molecule has 180 valence electrons. The van der Waals surface area contributed by atoms with E-state index >= 15 is 0 Å².